The van der Waals surface area contributed by atoms with Crippen LogP contribution in [0.15, 0.2) is 12.2 Å². The van der Waals surface area contributed by atoms with Crippen LogP contribution >= 0.6 is 0 Å². The predicted molar refractivity (Wildman–Crippen MR) is 126 cm³/mol. The van der Waals surface area contributed by atoms with Gasteiger partial charge in [-0.15, -0.1) is 0 Å². The number of amides is 1. The van der Waals surface area contributed by atoms with Crippen molar-refractivity contribution < 1.29 is 50.8 Å². The summed E-state index contributed by atoms with van der Waals surface area (Å²) in [6, 6.07) is 0. The first-order valence-corrected chi connectivity index (χ1v) is 11.9. The third-order valence-corrected chi connectivity index (χ3v) is 4.99. The Bertz CT molecular complexity index is 450. The number of nitrogens with two attached hydrogens (primary N) is 1. The minimum Gasteiger partial charge on any atom is -1.00 e. The zero-order valence-electron chi connectivity index (χ0n) is 21.8. The summed E-state index contributed by atoms with van der Waals surface area (Å²) in [5.41, 5.74) is 4.04. The maximum atomic E-state index is 10.5. The standard InChI is InChI=1S/C18H35NO.C6H13NO3.Na.H/c1-2-3-4-5-6-7-8-9-10-11-12-13-14-15-16-17-18(19)20;1-3-6(2,10)7-4-5(8)9;;/h9-10H,2-8,11-17H2,1H3,(H2,19,20);7,10H,3-4H2,1-2H3,(H,8,9);;/q;;+1;-1/b10-9-;;;. The average molecular weight is 453 g/mol. The van der Waals surface area contributed by atoms with E-state index in [2.05, 4.69) is 24.4 Å². The van der Waals surface area contributed by atoms with Gasteiger partial charge in [0.25, 0.3) is 0 Å². The molecule has 0 aromatic carbocycles. The molecule has 5 N–H and O–H groups in total. The van der Waals surface area contributed by atoms with Crippen molar-refractivity contribution in [2.45, 2.75) is 123 Å². The SMILES string of the molecule is CCC(C)(O)NCC(=O)O.CCCCCCCC/C=C\CCCCCCCC(N)=O.[H-].[Na+]. The summed E-state index contributed by atoms with van der Waals surface area (Å²) in [7, 11) is 0. The van der Waals surface area contributed by atoms with Gasteiger partial charge in [-0.1, -0.05) is 77.4 Å². The number of aliphatic carboxylic acids is 1. The number of primary amides is 1. The number of unbranched alkanes of at least 4 members (excludes halogenated alkanes) is 11. The van der Waals surface area contributed by atoms with Crippen molar-refractivity contribution in [2.75, 3.05) is 6.54 Å². The molecule has 0 aromatic heterocycles. The molecule has 0 heterocycles. The first kappa shape index (κ1) is 35.2. The molecule has 7 heteroatoms. The fourth-order valence-electron chi connectivity index (χ4n) is 2.76. The Labute approximate surface area is 214 Å². The normalized spacial score (nSPS) is 12.5. The van der Waals surface area contributed by atoms with Crippen LogP contribution in [-0.4, -0.2) is 34.4 Å². The Morgan fingerprint density at radius 3 is 1.77 bits per heavy atom. The number of rotatable bonds is 19. The molecular formula is C24H49N2NaO4. The minimum absolute atomic E-state index is 0. The molecule has 180 valence electrons. The topological polar surface area (TPSA) is 113 Å². The number of carbonyl (C=O) groups excluding carboxylic acids is 1. The predicted octanol–water partition coefficient (Wildman–Crippen LogP) is 2.40. The summed E-state index contributed by atoms with van der Waals surface area (Å²) < 4.78 is 0. The van der Waals surface area contributed by atoms with Crippen molar-refractivity contribution in [1.82, 2.24) is 5.32 Å². The van der Waals surface area contributed by atoms with E-state index in [-0.39, 0.29) is 43.4 Å². The number of nitrogens with one attached hydrogen (secondary N) is 1. The first-order valence-electron chi connectivity index (χ1n) is 11.9. The quantitative estimate of drug-likeness (QED) is 0.104. The van der Waals surface area contributed by atoms with Gasteiger partial charge in [0.15, 0.2) is 0 Å². The van der Waals surface area contributed by atoms with Crippen molar-refractivity contribution in [3.63, 3.8) is 0 Å². The molecule has 0 aliphatic carbocycles. The van der Waals surface area contributed by atoms with E-state index < -0.39 is 11.7 Å². The van der Waals surface area contributed by atoms with Crippen molar-refractivity contribution in [3.8, 4) is 0 Å². The molecule has 0 saturated heterocycles. The van der Waals surface area contributed by atoms with E-state index in [1.54, 1.807) is 6.92 Å². The second kappa shape index (κ2) is 25.9. The van der Waals surface area contributed by atoms with Gasteiger partial charge in [-0.25, -0.2) is 0 Å². The van der Waals surface area contributed by atoms with Crippen molar-refractivity contribution in [3.05, 3.63) is 12.2 Å². The van der Waals surface area contributed by atoms with Crippen molar-refractivity contribution >= 4 is 11.9 Å². The van der Waals surface area contributed by atoms with Crippen LogP contribution in [0.4, 0.5) is 0 Å². The number of carboxylic acid groups (broad SMARTS) is 1. The number of aliphatic hydroxyl groups is 1. The summed E-state index contributed by atoms with van der Waals surface area (Å²) >= 11 is 0. The molecule has 6 nitrogen and oxygen atoms in total. The summed E-state index contributed by atoms with van der Waals surface area (Å²) in [6.45, 7) is 5.37. The molecule has 0 bridgehead atoms. The Morgan fingerprint density at radius 2 is 1.35 bits per heavy atom. The molecule has 0 radical (unpaired) electrons. The van der Waals surface area contributed by atoms with Gasteiger partial charge in [0.2, 0.25) is 5.91 Å². The van der Waals surface area contributed by atoms with Gasteiger partial charge in [-0.05, 0) is 45.4 Å². The third-order valence-electron chi connectivity index (χ3n) is 4.99. The molecule has 0 saturated carbocycles. The van der Waals surface area contributed by atoms with Crippen LogP contribution in [-0.2, 0) is 9.59 Å². The van der Waals surface area contributed by atoms with Crippen molar-refractivity contribution in [2.24, 2.45) is 5.73 Å². The maximum Gasteiger partial charge on any atom is 1.00 e. The number of hydrogen-bond acceptors (Lipinski definition) is 4. The molecule has 1 unspecified atom stereocenters. The fourth-order valence-corrected chi connectivity index (χ4v) is 2.76. The largest absolute Gasteiger partial charge is 1.00 e. The van der Waals surface area contributed by atoms with Crippen LogP contribution in [0.2, 0.25) is 0 Å². The van der Waals surface area contributed by atoms with Crippen LogP contribution in [0.5, 0.6) is 0 Å². The van der Waals surface area contributed by atoms with E-state index in [9.17, 15) is 14.7 Å². The maximum absolute atomic E-state index is 10.5. The number of allylic oxidation sites excluding steroid dienone is 2. The second-order valence-corrected chi connectivity index (χ2v) is 8.18. The summed E-state index contributed by atoms with van der Waals surface area (Å²) in [6.07, 6.45) is 22.4. The molecule has 0 aliphatic heterocycles. The zero-order valence-corrected chi connectivity index (χ0v) is 22.8. The molecule has 0 fully saturated rings. The molecule has 0 aromatic rings. The van der Waals surface area contributed by atoms with Gasteiger partial charge < -0.3 is 17.4 Å². The van der Waals surface area contributed by atoms with Crippen LogP contribution < -0.4 is 40.6 Å². The molecule has 1 atom stereocenters. The van der Waals surface area contributed by atoms with E-state index in [0.29, 0.717) is 12.8 Å². The Hall–Kier alpha value is -0.400. The molecule has 31 heavy (non-hydrogen) atoms. The van der Waals surface area contributed by atoms with Gasteiger partial charge >= 0.3 is 35.5 Å². The minimum atomic E-state index is -1.06. The van der Waals surface area contributed by atoms with Gasteiger partial charge in [-0.2, -0.15) is 0 Å². The summed E-state index contributed by atoms with van der Waals surface area (Å²) in [5.74, 6) is -1.13. The van der Waals surface area contributed by atoms with Crippen LogP contribution in [0.1, 0.15) is 119 Å². The Kier molecular flexibility index (Phi) is 29.4. The zero-order chi connectivity index (χ0) is 23.1. The molecule has 1 amide bonds. The number of carboxylic acids is 1. The van der Waals surface area contributed by atoms with E-state index >= 15 is 0 Å². The first-order chi connectivity index (χ1) is 14.2. The number of carbonyl (C=O) groups is 2. The molecule has 0 aliphatic rings. The third kappa shape index (κ3) is 34.4. The van der Waals surface area contributed by atoms with Crippen LogP contribution in [0.3, 0.4) is 0 Å². The van der Waals surface area contributed by atoms with Gasteiger partial charge in [-0.3, -0.25) is 14.9 Å². The van der Waals surface area contributed by atoms with Gasteiger partial charge in [0.05, 0.1) is 6.54 Å². The molecule has 0 rings (SSSR count). The molecular weight excluding hydrogens is 403 g/mol. The Morgan fingerprint density at radius 1 is 0.903 bits per heavy atom. The number of hydrogen-bond donors (Lipinski definition) is 4. The second-order valence-electron chi connectivity index (χ2n) is 8.18. The van der Waals surface area contributed by atoms with Gasteiger partial charge in [0, 0.05) is 6.42 Å². The van der Waals surface area contributed by atoms with Crippen LogP contribution in [0.25, 0.3) is 0 Å². The molecule has 0 spiro atoms. The van der Waals surface area contributed by atoms with E-state index in [0.717, 1.165) is 12.8 Å². The fraction of sp³-hybridized carbons (Fsp3) is 0.833. The smallest absolute Gasteiger partial charge is 1.00 e. The van der Waals surface area contributed by atoms with Gasteiger partial charge in [0.1, 0.15) is 5.72 Å². The van der Waals surface area contributed by atoms with E-state index in [4.69, 9.17) is 10.8 Å². The van der Waals surface area contributed by atoms with E-state index in [1.165, 1.54) is 77.6 Å². The average Bonchev–Trinajstić information content (AvgIpc) is 2.70. The van der Waals surface area contributed by atoms with Crippen LogP contribution in [0, 0.1) is 0 Å². The van der Waals surface area contributed by atoms with Crippen molar-refractivity contribution in [1.29, 1.82) is 0 Å². The summed E-state index contributed by atoms with van der Waals surface area (Å²) in [4.78, 5) is 20.5. The summed E-state index contributed by atoms with van der Waals surface area (Å²) in [5, 5.41) is 19.9. The Balaban J connectivity index is -0.000000279. The monoisotopic (exact) mass is 452 g/mol. The van der Waals surface area contributed by atoms with E-state index in [1.807, 2.05) is 0 Å².